The van der Waals surface area contributed by atoms with Gasteiger partial charge in [-0.3, -0.25) is 9.59 Å². The summed E-state index contributed by atoms with van der Waals surface area (Å²) in [5.74, 6) is 0. The van der Waals surface area contributed by atoms with E-state index in [1.165, 1.54) is 6.07 Å². The lowest BCUT2D eigenvalue weighted by atomic mass is 10.00. The quantitative estimate of drug-likeness (QED) is 0.527. The molecule has 5 heteroatoms. The Labute approximate surface area is 172 Å². The summed E-state index contributed by atoms with van der Waals surface area (Å²) >= 11 is 12.8. The van der Waals surface area contributed by atoms with Crippen LogP contribution in [0.3, 0.4) is 0 Å². The minimum atomic E-state index is -0.153. The fraction of sp³-hybridized carbons (Fsp3) is 0.0435. The number of carbonyl (C=O) groups excluding carboxylic acids is 1. The molecule has 2 heterocycles. The summed E-state index contributed by atoms with van der Waals surface area (Å²) in [5, 5.41) is 0.844. The van der Waals surface area contributed by atoms with Gasteiger partial charge in [0.05, 0.1) is 21.3 Å². The van der Waals surface area contributed by atoms with Crippen LogP contribution in [0.5, 0.6) is 0 Å². The summed E-state index contributed by atoms with van der Waals surface area (Å²) in [5.41, 5.74) is 3.77. The maximum Gasteiger partial charge on any atom is 0.189 e. The van der Waals surface area contributed by atoms with E-state index in [0.717, 1.165) is 23.2 Å². The van der Waals surface area contributed by atoms with Crippen LogP contribution in [-0.4, -0.2) is 10.9 Å². The second-order valence-electron chi connectivity index (χ2n) is 6.36. The molecular weight excluding hydrogens is 393 g/mol. The van der Waals surface area contributed by atoms with E-state index in [4.69, 9.17) is 23.2 Å². The van der Waals surface area contributed by atoms with Gasteiger partial charge in [-0.1, -0.05) is 65.7 Å². The van der Waals surface area contributed by atoms with Crippen LogP contribution in [0.25, 0.3) is 16.8 Å². The molecule has 0 N–H and O–H groups in total. The van der Waals surface area contributed by atoms with E-state index >= 15 is 0 Å². The molecule has 0 bridgehead atoms. The van der Waals surface area contributed by atoms with Crippen molar-refractivity contribution in [2.24, 2.45) is 0 Å². The van der Waals surface area contributed by atoms with Gasteiger partial charge in [0, 0.05) is 41.1 Å². The number of allylic oxidation sites excluding steroid dienone is 3. The highest BCUT2D eigenvalue weighted by molar-refractivity contribution is 6.39. The average molecular weight is 408 g/mol. The van der Waals surface area contributed by atoms with E-state index in [-0.39, 0.29) is 5.43 Å². The number of rotatable bonds is 3. The number of fused-ring (bicyclic) bond motifs is 1. The number of hydrogen-bond donors (Lipinski definition) is 0. The fourth-order valence-electron chi connectivity index (χ4n) is 3.48. The molecule has 3 nitrogen and oxygen atoms in total. The Balaban J connectivity index is 2.04. The van der Waals surface area contributed by atoms with Crippen molar-refractivity contribution in [2.75, 3.05) is 0 Å². The molecule has 2 aromatic carbocycles. The molecule has 138 valence electrons. The minimum absolute atomic E-state index is 0.153. The molecule has 0 unspecified atom stereocenters. The largest absolute Gasteiger partial charge is 0.319 e. The van der Waals surface area contributed by atoms with Gasteiger partial charge in [0.1, 0.15) is 0 Å². The molecule has 4 rings (SSSR count). The number of nitrogens with zero attached hydrogens (tertiary/aromatic N) is 1. The summed E-state index contributed by atoms with van der Waals surface area (Å²) in [6, 6.07) is 14.0. The van der Waals surface area contributed by atoms with Crippen molar-refractivity contribution < 1.29 is 4.79 Å². The van der Waals surface area contributed by atoms with E-state index < -0.39 is 0 Å². The highest BCUT2D eigenvalue weighted by atomic mass is 35.5. The number of aldehydes is 1. The normalized spacial score (nSPS) is 12.9. The number of hydrogen-bond acceptors (Lipinski definition) is 2. The lowest BCUT2D eigenvalue weighted by molar-refractivity contribution is 0.112. The van der Waals surface area contributed by atoms with Crippen molar-refractivity contribution in [1.29, 1.82) is 0 Å². The third-order valence-corrected chi connectivity index (χ3v) is 5.37. The molecule has 0 atom stereocenters. The molecule has 1 aliphatic heterocycles. The molecule has 0 aliphatic carbocycles. The van der Waals surface area contributed by atoms with Crippen LogP contribution >= 0.6 is 23.2 Å². The first-order valence-corrected chi connectivity index (χ1v) is 9.48. The predicted molar refractivity (Wildman–Crippen MR) is 114 cm³/mol. The van der Waals surface area contributed by atoms with E-state index in [1.54, 1.807) is 30.5 Å². The maximum absolute atomic E-state index is 12.8. The second-order valence-corrected chi connectivity index (χ2v) is 7.17. The Kier molecular flexibility index (Phi) is 5.03. The lowest BCUT2D eigenvalue weighted by Crippen LogP contribution is -2.16. The molecule has 3 aromatic rings. The molecule has 0 saturated heterocycles. The summed E-state index contributed by atoms with van der Waals surface area (Å²) in [7, 11) is 0. The van der Waals surface area contributed by atoms with Gasteiger partial charge in [-0.05, 0) is 18.2 Å². The van der Waals surface area contributed by atoms with Crippen LogP contribution in [0.2, 0.25) is 10.0 Å². The summed E-state index contributed by atoms with van der Waals surface area (Å²) in [6.07, 6.45) is 8.91. The number of halogens is 2. The van der Waals surface area contributed by atoms with Crippen LogP contribution in [0.15, 0.2) is 77.8 Å². The number of benzene rings is 2. The summed E-state index contributed by atoms with van der Waals surface area (Å²) < 4.78 is 1.93. The van der Waals surface area contributed by atoms with Gasteiger partial charge in [0.15, 0.2) is 11.7 Å². The second kappa shape index (κ2) is 7.63. The fourth-order valence-corrected chi connectivity index (χ4v) is 4.07. The summed E-state index contributed by atoms with van der Waals surface area (Å²) in [6.45, 7) is 0. The maximum atomic E-state index is 12.8. The van der Waals surface area contributed by atoms with Gasteiger partial charge in [-0.15, -0.1) is 0 Å². The Morgan fingerprint density at radius 3 is 2.43 bits per heavy atom. The molecule has 1 aromatic heterocycles. The molecule has 0 spiro atoms. The van der Waals surface area contributed by atoms with Crippen molar-refractivity contribution in [2.45, 2.75) is 6.42 Å². The zero-order valence-corrected chi connectivity index (χ0v) is 16.2. The standard InChI is InChI=1S/C23H15Cl2NO2/c24-17-8-5-9-18(25)22(17)23-20-11-4-3-10-19(26(20)13-12-21(23)28)16-7-2-1-6-15(16)14-27/h1-10,12-14H,11H2. The van der Waals surface area contributed by atoms with Gasteiger partial charge >= 0.3 is 0 Å². The smallest absolute Gasteiger partial charge is 0.189 e. The van der Waals surface area contributed by atoms with Crippen molar-refractivity contribution in [1.82, 2.24) is 4.57 Å². The monoisotopic (exact) mass is 407 g/mol. The van der Waals surface area contributed by atoms with Gasteiger partial charge < -0.3 is 4.57 Å². The molecule has 28 heavy (non-hydrogen) atoms. The van der Waals surface area contributed by atoms with Crippen LogP contribution in [0.4, 0.5) is 0 Å². The first kappa shape index (κ1) is 18.5. The highest BCUT2D eigenvalue weighted by Gasteiger charge is 2.21. The SMILES string of the molecule is O=Cc1ccccc1C1=CC=CCc2c(-c3c(Cl)cccc3Cl)c(=O)ccn21. The zero-order chi connectivity index (χ0) is 19.7. The number of aromatic nitrogens is 1. The molecule has 0 radical (unpaired) electrons. The van der Waals surface area contributed by atoms with Gasteiger partial charge in [0.25, 0.3) is 0 Å². The topological polar surface area (TPSA) is 39.1 Å². The zero-order valence-electron chi connectivity index (χ0n) is 14.7. The van der Waals surface area contributed by atoms with Gasteiger partial charge in [-0.25, -0.2) is 0 Å². The molecule has 1 aliphatic rings. The van der Waals surface area contributed by atoms with Crippen LogP contribution < -0.4 is 5.43 Å². The molecular formula is C23H15Cl2NO2. The van der Waals surface area contributed by atoms with E-state index in [0.29, 0.717) is 33.2 Å². The third-order valence-electron chi connectivity index (χ3n) is 4.74. The Morgan fingerprint density at radius 2 is 1.68 bits per heavy atom. The van der Waals surface area contributed by atoms with E-state index in [9.17, 15) is 9.59 Å². The predicted octanol–water partition coefficient (Wildman–Crippen LogP) is 5.64. The van der Waals surface area contributed by atoms with Crippen LogP contribution in [-0.2, 0) is 6.42 Å². The minimum Gasteiger partial charge on any atom is -0.319 e. The highest BCUT2D eigenvalue weighted by Crippen LogP contribution is 2.36. The van der Waals surface area contributed by atoms with Crippen LogP contribution in [0, 0.1) is 0 Å². The van der Waals surface area contributed by atoms with E-state index in [2.05, 4.69) is 0 Å². The molecule has 0 saturated carbocycles. The van der Waals surface area contributed by atoms with Crippen molar-refractivity contribution in [3.05, 3.63) is 110 Å². The summed E-state index contributed by atoms with van der Waals surface area (Å²) in [4.78, 5) is 24.4. The first-order valence-electron chi connectivity index (χ1n) is 8.72. The van der Waals surface area contributed by atoms with Gasteiger partial charge in [0.2, 0.25) is 0 Å². The Hall–Kier alpha value is -2.88. The van der Waals surface area contributed by atoms with Gasteiger partial charge in [-0.2, -0.15) is 0 Å². The first-order chi connectivity index (χ1) is 13.6. The number of pyridine rings is 1. The Bertz CT molecular complexity index is 1190. The Morgan fingerprint density at radius 1 is 0.929 bits per heavy atom. The number of carbonyl (C=O) groups is 1. The van der Waals surface area contributed by atoms with Crippen molar-refractivity contribution in [3.8, 4) is 11.1 Å². The molecule has 0 amide bonds. The average Bonchev–Trinajstić information content (AvgIpc) is 2.91. The van der Waals surface area contributed by atoms with Crippen molar-refractivity contribution in [3.63, 3.8) is 0 Å². The van der Waals surface area contributed by atoms with E-state index in [1.807, 2.05) is 41.0 Å². The van der Waals surface area contributed by atoms with Crippen LogP contribution in [0.1, 0.15) is 21.6 Å². The van der Waals surface area contributed by atoms with Crippen molar-refractivity contribution >= 4 is 35.2 Å². The third kappa shape index (κ3) is 3.13. The lowest BCUT2D eigenvalue weighted by Gasteiger charge is -2.20. The molecule has 0 fully saturated rings.